The highest BCUT2D eigenvalue weighted by molar-refractivity contribution is 7.16. The van der Waals surface area contributed by atoms with Crippen molar-refractivity contribution >= 4 is 28.3 Å². The number of rotatable bonds is 8. The molecule has 0 aliphatic rings. The van der Waals surface area contributed by atoms with Crippen LogP contribution in [0.1, 0.15) is 20.8 Å². The van der Waals surface area contributed by atoms with Crippen molar-refractivity contribution in [3.8, 4) is 22.2 Å². The summed E-state index contributed by atoms with van der Waals surface area (Å²) in [5.74, 6) is 0.998. The van der Waals surface area contributed by atoms with Crippen molar-refractivity contribution in [1.82, 2.24) is 9.55 Å². The average molecular weight is 439 g/mol. The molecule has 160 valence electrons. The highest BCUT2D eigenvalue weighted by Gasteiger charge is 2.19. The first-order valence-electron chi connectivity index (χ1n) is 9.38. The first-order chi connectivity index (χ1) is 15.0. The zero-order valence-corrected chi connectivity index (χ0v) is 17.8. The number of aromatic nitrogens is 2. The fourth-order valence-electron chi connectivity index (χ4n) is 3.17. The summed E-state index contributed by atoms with van der Waals surface area (Å²) in [6, 6.07) is 12.8. The molecule has 0 saturated heterocycles. The highest BCUT2D eigenvalue weighted by Crippen LogP contribution is 2.37. The zero-order chi connectivity index (χ0) is 22.0. The molecule has 0 bridgehead atoms. The Bertz CT molecular complexity index is 1230. The number of thiophene rings is 1. The van der Waals surface area contributed by atoms with Gasteiger partial charge in [0.1, 0.15) is 28.6 Å². The van der Waals surface area contributed by atoms with Crippen LogP contribution in [0.25, 0.3) is 16.0 Å². The lowest BCUT2D eigenvalue weighted by Crippen LogP contribution is -2.10. The molecule has 0 aliphatic carbocycles. The number of benzene rings is 2. The molecule has 2 heterocycles. The summed E-state index contributed by atoms with van der Waals surface area (Å²) in [4.78, 5) is 16.8. The minimum absolute atomic E-state index is 0.0175. The van der Waals surface area contributed by atoms with E-state index in [1.165, 1.54) is 11.3 Å². The van der Waals surface area contributed by atoms with Crippen molar-refractivity contribution < 1.29 is 24.1 Å². The number of hydrogen-bond acceptors (Lipinski definition) is 7. The molecule has 2 aromatic heterocycles. The van der Waals surface area contributed by atoms with Gasteiger partial charge in [-0.15, -0.1) is 11.3 Å². The lowest BCUT2D eigenvalue weighted by atomic mass is 10.1. The second-order valence-corrected chi connectivity index (χ2v) is 7.75. The summed E-state index contributed by atoms with van der Waals surface area (Å²) in [5, 5.41) is 9.89. The maximum absolute atomic E-state index is 12.0. The zero-order valence-electron chi connectivity index (χ0n) is 17.0. The van der Waals surface area contributed by atoms with Crippen LogP contribution in [0.5, 0.6) is 17.2 Å². The number of aliphatic hydroxyl groups is 1. The first kappa shape index (κ1) is 20.7. The predicted molar refractivity (Wildman–Crippen MR) is 117 cm³/mol. The quantitative estimate of drug-likeness (QED) is 0.436. The maximum atomic E-state index is 12.0. The molecule has 1 amide bonds. The van der Waals surface area contributed by atoms with Gasteiger partial charge in [-0.05, 0) is 11.1 Å². The van der Waals surface area contributed by atoms with Crippen molar-refractivity contribution in [3.05, 3.63) is 64.8 Å². The lowest BCUT2D eigenvalue weighted by Gasteiger charge is -2.08. The van der Waals surface area contributed by atoms with Crippen LogP contribution in [0, 0.1) is 0 Å². The van der Waals surface area contributed by atoms with Gasteiger partial charge in [0.25, 0.3) is 5.91 Å². The van der Waals surface area contributed by atoms with Crippen LogP contribution in [-0.2, 0) is 13.2 Å². The van der Waals surface area contributed by atoms with Gasteiger partial charge < -0.3 is 25.1 Å². The Morgan fingerprint density at radius 3 is 2.39 bits per heavy atom. The molecule has 0 atom stereocenters. The first-order valence-corrected chi connectivity index (χ1v) is 10.2. The third-order valence-corrected chi connectivity index (χ3v) is 5.93. The van der Waals surface area contributed by atoms with Crippen LogP contribution in [-0.4, -0.2) is 34.8 Å². The van der Waals surface area contributed by atoms with Crippen LogP contribution in [0.15, 0.2) is 48.8 Å². The van der Waals surface area contributed by atoms with Crippen molar-refractivity contribution in [3.63, 3.8) is 0 Å². The van der Waals surface area contributed by atoms with Gasteiger partial charge in [-0.2, -0.15) is 0 Å². The second kappa shape index (κ2) is 8.66. The topological polar surface area (TPSA) is 109 Å². The van der Waals surface area contributed by atoms with Crippen LogP contribution >= 0.6 is 11.3 Å². The van der Waals surface area contributed by atoms with Crippen molar-refractivity contribution in [1.29, 1.82) is 0 Å². The third-order valence-electron chi connectivity index (χ3n) is 4.80. The van der Waals surface area contributed by atoms with Crippen molar-refractivity contribution in [2.24, 2.45) is 5.73 Å². The molecule has 0 fully saturated rings. The number of methoxy groups -OCH3 is 2. The normalized spacial score (nSPS) is 10.9. The van der Waals surface area contributed by atoms with E-state index in [4.69, 9.17) is 25.1 Å². The molecule has 4 rings (SSSR count). The minimum atomic E-state index is -0.564. The van der Waals surface area contributed by atoms with E-state index in [2.05, 4.69) is 4.98 Å². The van der Waals surface area contributed by atoms with E-state index in [0.29, 0.717) is 22.1 Å². The van der Waals surface area contributed by atoms with Crippen LogP contribution in [0.2, 0.25) is 0 Å². The number of imidazole rings is 1. The highest BCUT2D eigenvalue weighted by atomic mass is 32.1. The number of carbonyl (C=O) groups excluding carboxylic acids is 1. The number of ether oxygens (including phenoxy) is 3. The van der Waals surface area contributed by atoms with Gasteiger partial charge in [-0.3, -0.25) is 9.36 Å². The number of hydrogen-bond donors (Lipinski definition) is 2. The molecule has 31 heavy (non-hydrogen) atoms. The van der Waals surface area contributed by atoms with E-state index >= 15 is 0 Å². The largest absolute Gasteiger partial charge is 0.493 e. The summed E-state index contributed by atoms with van der Waals surface area (Å²) in [6.45, 7) is 0.244. The van der Waals surface area contributed by atoms with Crippen LogP contribution in [0.3, 0.4) is 0 Å². The Morgan fingerprint density at radius 1 is 1.06 bits per heavy atom. The lowest BCUT2D eigenvalue weighted by molar-refractivity contribution is 0.1000. The van der Waals surface area contributed by atoms with Gasteiger partial charge in [-0.25, -0.2) is 4.98 Å². The fourth-order valence-corrected chi connectivity index (χ4v) is 4.11. The molecule has 2 aromatic carbocycles. The third kappa shape index (κ3) is 4.05. The van der Waals surface area contributed by atoms with E-state index in [0.717, 1.165) is 27.2 Å². The molecular formula is C22H21N3O5S. The Labute approximate surface area is 182 Å². The Balaban J connectivity index is 1.67. The molecule has 9 heteroatoms. The molecule has 0 spiro atoms. The van der Waals surface area contributed by atoms with Gasteiger partial charge in [0.05, 0.1) is 31.9 Å². The number of nitrogens with two attached hydrogens (primary N) is 1. The predicted octanol–water partition coefficient (Wildman–Crippen LogP) is 3.27. The molecule has 3 N–H and O–H groups in total. The Morgan fingerprint density at radius 2 is 1.74 bits per heavy atom. The van der Waals surface area contributed by atoms with Gasteiger partial charge in [-0.1, -0.05) is 24.3 Å². The monoisotopic (exact) mass is 439 g/mol. The van der Waals surface area contributed by atoms with Gasteiger partial charge in [0.2, 0.25) is 0 Å². The minimum Gasteiger partial charge on any atom is -0.493 e. The number of fused-ring (bicyclic) bond motifs is 1. The molecule has 8 nitrogen and oxygen atoms in total. The van der Waals surface area contributed by atoms with Crippen molar-refractivity contribution in [2.75, 3.05) is 14.2 Å². The SMILES string of the molecule is COc1cc2ncn(-c3cc(OCc4ccc(CO)cc4)c(C(N)=O)s3)c2cc1OC. The average Bonchev–Trinajstić information content (AvgIpc) is 3.40. The molecule has 0 aliphatic heterocycles. The number of nitrogens with zero attached hydrogens (tertiary/aromatic N) is 2. The van der Waals surface area contributed by atoms with E-state index in [9.17, 15) is 4.79 Å². The maximum Gasteiger partial charge on any atom is 0.262 e. The molecular weight excluding hydrogens is 418 g/mol. The smallest absolute Gasteiger partial charge is 0.262 e. The van der Waals surface area contributed by atoms with E-state index in [-0.39, 0.29) is 13.2 Å². The summed E-state index contributed by atoms with van der Waals surface area (Å²) in [7, 11) is 3.14. The van der Waals surface area contributed by atoms with Gasteiger partial charge >= 0.3 is 0 Å². The van der Waals surface area contributed by atoms with Crippen LogP contribution in [0.4, 0.5) is 0 Å². The molecule has 0 unspecified atom stereocenters. The summed E-state index contributed by atoms with van der Waals surface area (Å²) >= 11 is 1.22. The van der Waals surface area contributed by atoms with E-state index < -0.39 is 5.91 Å². The van der Waals surface area contributed by atoms with Gasteiger partial charge in [0.15, 0.2) is 11.5 Å². The van der Waals surface area contributed by atoms with E-state index in [1.54, 1.807) is 32.7 Å². The number of aliphatic hydroxyl groups excluding tert-OH is 1. The fraction of sp³-hybridized carbons (Fsp3) is 0.182. The number of amides is 1. The Hall–Kier alpha value is -3.56. The summed E-state index contributed by atoms with van der Waals surface area (Å²) in [5.41, 5.74) is 8.83. The van der Waals surface area contributed by atoms with Crippen molar-refractivity contribution in [2.45, 2.75) is 13.2 Å². The molecule has 4 aromatic rings. The summed E-state index contributed by atoms with van der Waals surface area (Å²) < 4.78 is 18.5. The molecule has 0 saturated carbocycles. The van der Waals surface area contributed by atoms with Crippen LogP contribution < -0.4 is 19.9 Å². The van der Waals surface area contributed by atoms with E-state index in [1.807, 2.05) is 34.9 Å². The standard InChI is InChI=1S/C22H21N3O5S/c1-28-17-7-15-16(8-18(17)29-2)25(12-24-15)20-9-19(21(31-20)22(23)27)30-11-14-5-3-13(10-26)4-6-14/h3-9,12,26H,10-11H2,1-2H3,(H2,23,27). The molecule has 0 radical (unpaired) electrons. The van der Waals surface area contributed by atoms with Gasteiger partial charge in [0, 0.05) is 18.2 Å². The number of primary amides is 1. The Kier molecular flexibility index (Phi) is 5.79. The number of carbonyl (C=O) groups is 1. The second-order valence-electron chi connectivity index (χ2n) is 6.72. The summed E-state index contributed by atoms with van der Waals surface area (Å²) in [6.07, 6.45) is 1.66.